The van der Waals surface area contributed by atoms with Crippen molar-refractivity contribution in [3.05, 3.63) is 70.2 Å². The molecule has 0 heterocycles. The van der Waals surface area contributed by atoms with Crippen LogP contribution >= 0.6 is 11.6 Å². The quantitative estimate of drug-likeness (QED) is 0.694. The molecule has 2 aromatic rings. The van der Waals surface area contributed by atoms with E-state index < -0.39 is 0 Å². The van der Waals surface area contributed by atoms with E-state index in [1.807, 2.05) is 43.3 Å². The zero-order chi connectivity index (χ0) is 18.2. The second-order valence-corrected chi connectivity index (χ2v) is 6.10. The van der Waals surface area contributed by atoms with Gasteiger partial charge in [0, 0.05) is 23.7 Å². The lowest BCUT2D eigenvalue weighted by Gasteiger charge is -2.24. The number of halogens is 1. The molecule has 132 valence electrons. The van der Waals surface area contributed by atoms with Gasteiger partial charge in [0.15, 0.2) is 0 Å². The summed E-state index contributed by atoms with van der Waals surface area (Å²) in [5.41, 5.74) is 2.36. The fourth-order valence-electron chi connectivity index (χ4n) is 2.53. The topological polar surface area (TPSA) is 46.6 Å². The van der Waals surface area contributed by atoms with Gasteiger partial charge in [0.2, 0.25) is 0 Å². The SMILES string of the molecule is CCOC(=O)CCN(Cc1ccccc1Cl)C(=O)c1ccccc1C. The average molecular weight is 360 g/mol. The van der Waals surface area contributed by atoms with Crippen LogP contribution in [0.15, 0.2) is 48.5 Å². The molecule has 5 heteroatoms. The first kappa shape index (κ1) is 19.0. The van der Waals surface area contributed by atoms with Crippen LogP contribution in [-0.4, -0.2) is 29.9 Å². The summed E-state index contributed by atoms with van der Waals surface area (Å²) in [6.07, 6.45) is 0.149. The highest BCUT2D eigenvalue weighted by Gasteiger charge is 2.20. The van der Waals surface area contributed by atoms with E-state index >= 15 is 0 Å². The van der Waals surface area contributed by atoms with Crippen LogP contribution in [-0.2, 0) is 16.1 Å². The number of ether oxygens (including phenoxy) is 1. The van der Waals surface area contributed by atoms with Crippen LogP contribution in [0.4, 0.5) is 0 Å². The monoisotopic (exact) mass is 359 g/mol. The van der Waals surface area contributed by atoms with Gasteiger partial charge in [-0.2, -0.15) is 0 Å². The Bertz CT molecular complexity index is 745. The lowest BCUT2D eigenvalue weighted by atomic mass is 10.1. The standard InChI is InChI=1S/C20H22ClNO3/c1-3-25-19(23)12-13-22(14-16-9-5-7-11-18(16)21)20(24)17-10-6-4-8-15(17)2/h4-11H,3,12-14H2,1-2H3. The molecule has 0 bridgehead atoms. The summed E-state index contributed by atoms with van der Waals surface area (Å²) in [7, 11) is 0. The molecular weight excluding hydrogens is 338 g/mol. The Balaban J connectivity index is 2.22. The molecule has 0 aliphatic carbocycles. The molecular formula is C20H22ClNO3. The maximum atomic E-state index is 13.0. The first-order valence-electron chi connectivity index (χ1n) is 8.27. The van der Waals surface area contributed by atoms with Crippen molar-refractivity contribution in [3.63, 3.8) is 0 Å². The van der Waals surface area contributed by atoms with E-state index in [0.717, 1.165) is 11.1 Å². The number of hydrogen-bond donors (Lipinski definition) is 0. The van der Waals surface area contributed by atoms with E-state index in [-0.39, 0.29) is 24.8 Å². The number of aryl methyl sites for hydroxylation is 1. The van der Waals surface area contributed by atoms with Crippen molar-refractivity contribution in [3.8, 4) is 0 Å². The molecule has 0 atom stereocenters. The number of carbonyl (C=O) groups is 2. The summed E-state index contributed by atoms with van der Waals surface area (Å²) in [4.78, 5) is 26.3. The molecule has 2 aromatic carbocycles. The van der Waals surface area contributed by atoms with Gasteiger partial charge in [-0.15, -0.1) is 0 Å². The number of nitrogens with zero attached hydrogens (tertiary/aromatic N) is 1. The highest BCUT2D eigenvalue weighted by atomic mass is 35.5. The first-order valence-corrected chi connectivity index (χ1v) is 8.64. The Kier molecular flexibility index (Phi) is 7.02. The minimum atomic E-state index is -0.316. The van der Waals surface area contributed by atoms with Crippen molar-refractivity contribution in [1.29, 1.82) is 0 Å². The van der Waals surface area contributed by atoms with Crippen molar-refractivity contribution in [2.75, 3.05) is 13.2 Å². The Hall–Kier alpha value is -2.33. The second-order valence-electron chi connectivity index (χ2n) is 5.69. The average Bonchev–Trinajstić information content (AvgIpc) is 2.60. The molecule has 2 rings (SSSR count). The summed E-state index contributed by atoms with van der Waals surface area (Å²) < 4.78 is 4.97. The number of rotatable bonds is 7. The molecule has 0 radical (unpaired) electrons. The van der Waals surface area contributed by atoms with Crippen LogP contribution in [0.25, 0.3) is 0 Å². The van der Waals surface area contributed by atoms with E-state index in [1.165, 1.54) is 0 Å². The van der Waals surface area contributed by atoms with Crippen LogP contribution in [0, 0.1) is 6.92 Å². The molecule has 0 unspecified atom stereocenters. The van der Waals surface area contributed by atoms with Gasteiger partial charge in [-0.3, -0.25) is 9.59 Å². The zero-order valence-corrected chi connectivity index (χ0v) is 15.3. The largest absolute Gasteiger partial charge is 0.466 e. The van der Waals surface area contributed by atoms with Crippen molar-refractivity contribution >= 4 is 23.5 Å². The number of amides is 1. The highest BCUT2D eigenvalue weighted by molar-refractivity contribution is 6.31. The molecule has 0 spiro atoms. The van der Waals surface area contributed by atoms with Crippen LogP contribution < -0.4 is 0 Å². The van der Waals surface area contributed by atoms with Crippen LogP contribution in [0.1, 0.15) is 34.8 Å². The molecule has 25 heavy (non-hydrogen) atoms. The minimum Gasteiger partial charge on any atom is -0.466 e. The molecule has 4 nitrogen and oxygen atoms in total. The van der Waals surface area contributed by atoms with Crippen molar-refractivity contribution < 1.29 is 14.3 Å². The smallest absolute Gasteiger partial charge is 0.307 e. The van der Waals surface area contributed by atoms with E-state index in [9.17, 15) is 9.59 Å². The first-order chi connectivity index (χ1) is 12.0. The maximum Gasteiger partial charge on any atom is 0.307 e. The number of esters is 1. The molecule has 0 saturated heterocycles. The zero-order valence-electron chi connectivity index (χ0n) is 14.5. The lowest BCUT2D eigenvalue weighted by molar-refractivity contribution is -0.143. The van der Waals surface area contributed by atoms with Gasteiger partial charge in [0.1, 0.15) is 0 Å². The fraction of sp³-hybridized carbons (Fsp3) is 0.300. The molecule has 1 amide bonds. The van der Waals surface area contributed by atoms with E-state index in [1.54, 1.807) is 24.0 Å². The van der Waals surface area contributed by atoms with E-state index in [2.05, 4.69) is 0 Å². The van der Waals surface area contributed by atoms with Crippen LogP contribution in [0.2, 0.25) is 5.02 Å². The summed E-state index contributed by atoms with van der Waals surface area (Å²) >= 11 is 6.23. The third-order valence-corrected chi connectivity index (χ3v) is 4.24. The number of hydrogen-bond acceptors (Lipinski definition) is 3. The Morgan fingerprint density at radius 3 is 2.44 bits per heavy atom. The van der Waals surface area contributed by atoms with Gasteiger partial charge in [0.25, 0.3) is 5.91 Å². The predicted molar refractivity (Wildman–Crippen MR) is 98.6 cm³/mol. The molecule has 0 aliphatic heterocycles. The molecule has 0 saturated carbocycles. The summed E-state index contributed by atoms with van der Waals surface area (Å²) in [5.74, 6) is -0.438. The normalized spacial score (nSPS) is 10.4. The van der Waals surface area contributed by atoms with Gasteiger partial charge in [0.05, 0.1) is 13.0 Å². The van der Waals surface area contributed by atoms with Crippen molar-refractivity contribution in [2.45, 2.75) is 26.8 Å². The maximum absolute atomic E-state index is 13.0. The summed E-state index contributed by atoms with van der Waals surface area (Å²) in [6, 6.07) is 14.8. The number of carbonyl (C=O) groups excluding carboxylic acids is 2. The Morgan fingerprint density at radius 2 is 1.76 bits per heavy atom. The van der Waals surface area contributed by atoms with Crippen molar-refractivity contribution in [1.82, 2.24) is 4.90 Å². The molecule has 0 N–H and O–H groups in total. The van der Waals surface area contributed by atoms with Gasteiger partial charge in [-0.05, 0) is 37.1 Å². The van der Waals surface area contributed by atoms with Gasteiger partial charge < -0.3 is 9.64 Å². The number of benzene rings is 2. The Labute approximate surface area is 153 Å². The highest BCUT2D eigenvalue weighted by Crippen LogP contribution is 2.19. The third kappa shape index (κ3) is 5.33. The summed E-state index contributed by atoms with van der Waals surface area (Å²) in [5, 5.41) is 0.598. The second kappa shape index (κ2) is 9.23. The van der Waals surface area contributed by atoms with Gasteiger partial charge in [-0.25, -0.2) is 0 Å². The molecule has 0 aromatic heterocycles. The van der Waals surface area contributed by atoms with Gasteiger partial charge in [-0.1, -0.05) is 48.0 Å². The van der Waals surface area contributed by atoms with E-state index in [4.69, 9.17) is 16.3 Å². The van der Waals surface area contributed by atoms with Crippen LogP contribution in [0.5, 0.6) is 0 Å². The lowest BCUT2D eigenvalue weighted by Crippen LogP contribution is -2.33. The fourth-order valence-corrected chi connectivity index (χ4v) is 2.72. The van der Waals surface area contributed by atoms with Gasteiger partial charge >= 0.3 is 5.97 Å². The third-order valence-electron chi connectivity index (χ3n) is 3.87. The van der Waals surface area contributed by atoms with Crippen LogP contribution in [0.3, 0.4) is 0 Å². The molecule has 0 aliphatic rings. The van der Waals surface area contributed by atoms with Crippen molar-refractivity contribution in [2.24, 2.45) is 0 Å². The van der Waals surface area contributed by atoms with E-state index in [0.29, 0.717) is 23.7 Å². The molecule has 0 fully saturated rings. The summed E-state index contributed by atoms with van der Waals surface area (Å²) in [6.45, 7) is 4.60. The predicted octanol–water partition coefficient (Wildman–Crippen LogP) is 4.24. The minimum absolute atomic E-state index is 0.123. The Morgan fingerprint density at radius 1 is 1.08 bits per heavy atom.